The Labute approximate surface area is 98.2 Å². The van der Waals surface area contributed by atoms with E-state index in [-0.39, 0.29) is 11.9 Å². The lowest BCUT2D eigenvalue weighted by Gasteiger charge is -2.15. The predicted molar refractivity (Wildman–Crippen MR) is 63.2 cm³/mol. The third kappa shape index (κ3) is 3.02. The summed E-state index contributed by atoms with van der Waals surface area (Å²) < 4.78 is 13.7. The lowest BCUT2D eigenvalue weighted by atomic mass is 10.1. The van der Waals surface area contributed by atoms with E-state index in [9.17, 15) is 4.39 Å². The van der Waals surface area contributed by atoms with E-state index >= 15 is 0 Å². The lowest BCUT2D eigenvalue weighted by molar-refractivity contribution is 0.545. The van der Waals surface area contributed by atoms with Crippen LogP contribution >= 0.6 is 15.9 Å². The fourth-order valence-electron chi connectivity index (χ4n) is 1.63. The molecule has 15 heavy (non-hydrogen) atoms. The van der Waals surface area contributed by atoms with Crippen molar-refractivity contribution in [2.45, 2.75) is 25.8 Å². The Morgan fingerprint density at radius 1 is 1.53 bits per heavy atom. The Bertz CT molecular complexity index is 349. The van der Waals surface area contributed by atoms with E-state index in [0.717, 1.165) is 22.5 Å². The summed E-state index contributed by atoms with van der Waals surface area (Å²) in [6.45, 7) is 3.19. The summed E-state index contributed by atoms with van der Waals surface area (Å²) >= 11 is 3.39. The number of rotatable bonds is 4. The van der Waals surface area contributed by atoms with Crippen LogP contribution in [0.3, 0.4) is 0 Å². The van der Waals surface area contributed by atoms with E-state index in [1.807, 2.05) is 6.07 Å². The standard InChI is InChI=1S/C12H15BrFN/c1-8(15-7-9-2-3-9)11-5-4-10(14)6-12(11)13/h4-6,8-9,15H,2-3,7H2,1H3. The molecular weight excluding hydrogens is 257 g/mol. The zero-order chi connectivity index (χ0) is 10.8. The van der Waals surface area contributed by atoms with E-state index in [1.54, 1.807) is 0 Å². The minimum Gasteiger partial charge on any atom is -0.310 e. The largest absolute Gasteiger partial charge is 0.310 e. The van der Waals surface area contributed by atoms with Crippen molar-refractivity contribution in [1.82, 2.24) is 5.32 Å². The molecule has 82 valence electrons. The SMILES string of the molecule is CC(NCC1CC1)c1ccc(F)cc1Br. The van der Waals surface area contributed by atoms with E-state index in [2.05, 4.69) is 28.2 Å². The third-order valence-corrected chi connectivity index (χ3v) is 3.53. The van der Waals surface area contributed by atoms with E-state index in [0.29, 0.717) is 0 Å². The van der Waals surface area contributed by atoms with Crippen LogP contribution in [0.25, 0.3) is 0 Å². The highest BCUT2D eigenvalue weighted by Crippen LogP contribution is 2.29. The molecule has 1 saturated carbocycles. The summed E-state index contributed by atoms with van der Waals surface area (Å²) in [5.41, 5.74) is 1.12. The predicted octanol–water partition coefficient (Wildman–Crippen LogP) is 3.65. The molecule has 0 amide bonds. The van der Waals surface area contributed by atoms with Crippen molar-refractivity contribution in [2.75, 3.05) is 6.54 Å². The van der Waals surface area contributed by atoms with Gasteiger partial charge in [-0.2, -0.15) is 0 Å². The Balaban J connectivity index is 1.99. The van der Waals surface area contributed by atoms with Crippen LogP contribution < -0.4 is 5.32 Å². The van der Waals surface area contributed by atoms with Gasteiger partial charge in [0.05, 0.1) is 0 Å². The summed E-state index contributed by atoms with van der Waals surface area (Å²) in [6.07, 6.45) is 2.70. The molecule has 3 heteroatoms. The summed E-state index contributed by atoms with van der Waals surface area (Å²) in [7, 11) is 0. The van der Waals surface area contributed by atoms with Crippen LogP contribution in [0.15, 0.2) is 22.7 Å². The molecule has 1 nitrogen and oxygen atoms in total. The molecule has 0 radical (unpaired) electrons. The molecule has 0 aliphatic heterocycles. The molecule has 1 aliphatic carbocycles. The van der Waals surface area contributed by atoms with Crippen molar-refractivity contribution < 1.29 is 4.39 Å². The summed E-state index contributed by atoms with van der Waals surface area (Å²) in [5.74, 6) is 0.673. The van der Waals surface area contributed by atoms with Gasteiger partial charge in [-0.3, -0.25) is 0 Å². The minimum atomic E-state index is -0.194. The molecule has 0 bridgehead atoms. The van der Waals surface area contributed by atoms with Crippen LogP contribution in [-0.4, -0.2) is 6.54 Å². The third-order valence-electron chi connectivity index (χ3n) is 2.84. The quantitative estimate of drug-likeness (QED) is 0.882. The number of nitrogens with one attached hydrogen (secondary N) is 1. The van der Waals surface area contributed by atoms with Crippen LogP contribution in [-0.2, 0) is 0 Å². The molecule has 1 fully saturated rings. The fourth-order valence-corrected chi connectivity index (χ4v) is 2.32. The molecule has 1 aliphatic rings. The second kappa shape index (κ2) is 4.62. The van der Waals surface area contributed by atoms with Gasteiger partial charge >= 0.3 is 0 Å². The van der Waals surface area contributed by atoms with Gasteiger partial charge in [0.2, 0.25) is 0 Å². The Hall–Kier alpha value is -0.410. The van der Waals surface area contributed by atoms with Crippen molar-refractivity contribution in [3.8, 4) is 0 Å². The zero-order valence-electron chi connectivity index (χ0n) is 8.76. The molecule has 0 aromatic heterocycles. The van der Waals surface area contributed by atoms with Gasteiger partial charge in [-0.15, -0.1) is 0 Å². The Morgan fingerprint density at radius 3 is 2.87 bits per heavy atom. The van der Waals surface area contributed by atoms with Crippen molar-refractivity contribution in [3.05, 3.63) is 34.1 Å². The monoisotopic (exact) mass is 271 g/mol. The van der Waals surface area contributed by atoms with Crippen molar-refractivity contribution >= 4 is 15.9 Å². The van der Waals surface area contributed by atoms with Crippen molar-refractivity contribution in [3.63, 3.8) is 0 Å². The van der Waals surface area contributed by atoms with Gasteiger partial charge in [-0.1, -0.05) is 22.0 Å². The van der Waals surface area contributed by atoms with Gasteiger partial charge in [0.1, 0.15) is 5.82 Å². The van der Waals surface area contributed by atoms with Gasteiger partial charge in [-0.05, 0) is 49.9 Å². The van der Waals surface area contributed by atoms with Crippen LogP contribution in [0.2, 0.25) is 0 Å². The molecule has 1 N–H and O–H groups in total. The second-order valence-corrected chi connectivity index (χ2v) is 5.09. The second-order valence-electron chi connectivity index (χ2n) is 4.24. The summed E-state index contributed by atoms with van der Waals surface area (Å²) in [4.78, 5) is 0. The van der Waals surface area contributed by atoms with Gasteiger partial charge < -0.3 is 5.32 Å². The highest BCUT2D eigenvalue weighted by Gasteiger charge is 2.21. The average Bonchev–Trinajstić information content (AvgIpc) is 2.97. The van der Waals surface area contributed by atoms with Crippen LogP contribution in [0.5, 0.6) is 0 Å². The number of halogens is 2. The normalized spacial score (nSPS) is 17.8. The first-order valence-corrected chi connectivity index (χ1v) is 6.14. The first-order valence-electron chi connectivity index (χ1n) is 5.35. The van der Waals surface area contributed by atoms with Gasteiger partial charge in [0.15, 0.2) is 0 Å². The molecular formula is C12H15BrFN. The van der Waals surface area contributed by atoms with E-state index in [4.69, 9.17) is 0 Å². The topological polar surface area (TPSA) is 12.0 Å². The minimum absolute atomic E-state index is 0.194. The molecule has 1 aromatic carbocycles. The van der Waals surface area contributed by atoms with Crippen LogP contribution in [0.4, 0.5) is 4.39 Å². The molecule has 1 atom stereocenters. The van der Waals surface area contributed by atoms with Gasteiger partial charge in [0, 0.05) is 10.5 Å². The lowest BCUT2D eigenvalue weighted by Crippen LogP contribution is -2.21. The van der Waals surface area contributed by atoms with Crippen molar-refractivity contribution in [2.24, 2.45) is 5.92 Å². The summed E-state index contributed by atoms with van der Waals surface area (Å²) in [5, 5.41) is 3.47. The Morgan fingerprint density at radius 2 is 2.27 bits per heavy atom. The average molecular weight is 272 g/mol. The van der Waals surface area contributed by atoms with Crippen LogP contribution in [0.1, 0.15) is 31.4 Å². The van der Waals surface area contributed by atoms with Crippen LogP contribution in [0, 0.1) is 11.7 Å². The molecule has 1 unspecified atom stereocenters. The summed E-state index contributed by atoms with van der Waals surface area (Å²) in [6, 6.07) is 5.14. The number of hydrogen-bond acceptors (Lipinski definition) is 1. The zero-order valence-corrected chi connectivity index (χ0v) is 10.3. The van der Waals surface area contributed by atoms with E-state index < -0.39 is 0 Å². The fraction of sp³-hybridized carbons (Fsp3) is 0.500. The number of hydrogen-bond donors (Lipinski definition) is 1. The Kier molecular flexibility index (Phi) is 3.42. The molecule has 1 aromatic rings. The molecule has 0 saturated heterocycles. The highest BCUT2D eigenvalue weighted by molar-refractivity contribution is 9.10. The first-order chi connectivity index (χ1) is 7.16. The molecule has 0 spiro atoms. The maximum Gasteiger partial charge on any atom is 0.124 e. The molecule has 2 rings (SSSR count). The number of benzene rings is 1. The van der Waals surface area contributed by atoms with Gasteiger partial charge in [-0.25, -0.2) is 4.39 Å². The molecule has 0 heterocycles. The first kappa shape index (κ1) is 11.1. The van der Waals surface area contributed by atoms with Gasteiger partial charge in [0.25, 0.3) is 0 Å². The van der Waals surface area contributed by atoms with Crippen molar-refractivity contribution in [1.29, 1.82) is 0 Å². The maximum absolute atomic E-state index is 12.9. The van der Waals surface area contributed by atoms with E-state index in [1.165, 1.54) is 25.0 Å². The highest BCUT2D eigenvalue weighted by atomic mass is 79.9. The maximum atomic E-state index is 12.9. The smallest absolute Gasteiger partial charge is 0.124 e.